The second kappa shape index (κ2) is 7.87. The molecule has 110 valence electrons. The van der Waals surface area contributed by atoms with Crippen molar-refractivity contribution in [3.8, 4) is 5.75 Å². The molecule has 0 amide bonds. The van der Waals surface area contributed by atoms with Crippen molar-refractivity contribution < 1.29 is 24.1 Å². The van der Waals surface area contributed by atoms with Crippen LogP contribution in [0.3, 0.4) is 0 Å². The van der Waals surface area contributed by atoms with E-state index in [9.17, 15) is 4.79 Å². The monoisotopic (exact) mass is 280 g/mol. The van der Waals surface area contributed by atoms with Gasteiger partial charge in [-0.05, 0) is 24.1 Å². The Balaban J connectivity index is 1.60. The Morgan fingerprint density at radius 1 is 1.30 bits per heavy atom. The minimum atomic E-state index is -0.831. The maximum Gasteiger partial charge on any atom is 0.307 e. The first-order valence-corrected chi connectivity index (χ1v) is 6.83. The zero-order valence-corrected chi connectivity index (χ0v) is 11.4. The fourth-order valence-corrected chi connectivity index (χ4v) is 2.06. The minimum Gasteiger partial charge on any atom is -0.491 e. The Morgan fingerprint density at radius 3 is 2.75 bits per heavy atom. The van der Waals surface area contributed by atoms with Crippen LogP contribution in [0.1, 0.15) is 12.0 Å². The lowest BCUT2D eigenvalue weighted by Crippen LogP contribution is -2.13. The van der Waals surface area contributed by atoms with E-state index in [1.165, 1.54) is 0 Å². The molecule has 1 saturated heterocycles. The molecule has 1 N–H and O–H groups in total. The molecule has 0 aromatic heterocycles. The second-order valence-corrected chi connectivity index (χ2v) is 4.87. The first-order valence-electron chi connectivity index (χ1n) is 6.83. The molecule has 0 spiro atoms. The molecule has 5 nitrogen and oxygen atoms in total. The van der Waals surface area contributed by atoms with Crippen LogP contribution in [0.5, 0.6) is 5.75 Å². The quantitative estimate of drug-likeness (QED) is 0.735. The van der Waals surface area contributed by atoms with Gasteiger partial charge in [0.2, 0.25) is 0 Å². The van der Waals surface area contributed by atoms with Crippen molar-refractivity contribution in [2.24, 2.45) is 5.92 Å². The number of ether oxygens (including phenoxy) is 3. The molecule has 1 aliphatic heterocycles. The number of aliphatic carboxylic acids is 1. The second-order valence-electron chi connectivity index (χ2n) is 4.87. The summed E-state index contributed by atoms with van der Waals surface area (Å²) in [5.74, 6) is 0.417. The Bertz CT molecular complexity index is 409. The van der Waals surface area contributed by atoms with Crippen molar-refractivity contribution in [1.82, 2.24) is 0 Å². The molecule has 1 aromatic carbocycles. The lowest BCUT2D eigenvalue weighted by molar-refractivity contribution is -0.136. The van der Waals surface area contributed by atoms with Gasteiger partial charge in [-0.25, -0.2) is 0 Å². The third-order valence-electron chi connectivity index (χ3n) is 3.15. The van der Waals surface area contributed by atoms with Crippen molar-refractivity contribution in [1.29, 1.82) is 0 Å². The zero-order chi connectivity index (χ0) is 14.2. The summed E-state index contributed by atoms with van der Waals surface area (Å²) in [4.78, 5) is 10.5. The molecule has 2 rings (SSSR count). The molecule has 5 heteroatoms. The minimum absolute atomic E-state index is 0.0346. The molecule has 1 heterocycles. The number of rotatable bonds is 8. The molecule has 0 aliphatic carbocycles. The van der Waals surface area contributed by atoms with Gasteiger partial charge in [0.05, 0.1) is 26.2 Å². The summed E-state index contributed by atoms with van der Waals surface area (Å²) >= 11 is 0. The highest BCUT2D eigenvalue weighted by Gasteiger charge is 2.15. The van der Waals surface area contributed by atoms with Gasteiger partial charge in [0, 0.05) is 12.5 Å². The molecule has 0 radical (unpaired) electrons. The van der Waals surface area contributed by atoms with Crippen molar-refractivity contribution in [3.63, 3.8) is 0 Å². The molecular formula is C15H20O5. The fourth-order valence-electron chi connectivity index (χ4n) is 2.06. The van der Waals surface area contributed by atoms with E-state index < -0.39 is 5.97 Å². The summed E-state index contributed by atoms with van der Waals surface area (Å²) in [5.41, 5.74) is 0.766. The van der Waals surface area contributed by atoms with Crippen molar-refractivity contribution in [2.45, 2.75) is 12.8 Å². The van der Waals surface area contributed by atoms with Gasteiger partial charge in [0.1, 0.15) is 12.4 Å². The van der Waals surface area contributed by atoms with Crippen LogP contribution in [-0.4, -0.2) is 44.1 Å². The fraction of sp³-hybridized carbons (Fsp3) is 0.533. The number of hydrogen-bond acceptors (Lipinski definition) is 4. The van der Waals surface area contributed by atoms with Crippen LogP contribution < -0.4 is 4.74 Å². The standard InChI is InChI=1S/C15H20O5/c16-15(17)9-12-1-3-14(4-2-12)20-8-7-19-11-13-5-6-18-10-13/h1-4,13H,5-11H2,(H,16,17). The predicted molar refractivity (Wildman–Crippen MR) is 73.0 cm³/mol. The first kappa shape index (κ1) is 14.8. The largest absolute Gasteiger partial charge is 0.491 e. The van der Waals surface area contributed by atoms with Gasteiger partial charge >= 0.3 is 5.97 Å². The van der Waals surface area contributed by atoms with E-state index in [0.29, 0.717) is 19.1 Å². The third kappa shape index (κ3) is 5.19. The number of carboxylic acid groups (broad SMARTS) is 1. The Labute approximate surface area is 118 Å². The topological polar surface area (TPSA) is 65.0 Å². The van der Waals surface area contributed by atoms with Gasteiger partial charge < -0.3 is 19.3 Å². The molecule has 1 unspecified atom stereocenters. The highest BCUT2D eigenvalue weighted by molar-refractivity contribution is 5.70. The SMILES string of the molecule is O=C(O)Cc1ccc(OCCOCC2CCOC2)cc1. The zero-order valence-electron chi connectivity index (χ0n) is 11.4. The average molecular weight is 280 g/mol. The van der Waals surface area contributed by atoms with E-state index in [1.54, 1.807) is 24.3 Å². The van der Waals surface area contributed by atoms with Crippen molar-refractivity contribution in [2.75, 3.05) is 33.0 Å². The molecule has 20 heavy (non-hydrogen) atoms. The molecule has 1 atom stereocenters. The van der Waals surface area contributed by atoms with Crippen LogP contribution in [0.4, 0.5) is 0 Å². The van der Waals surface area contributed by atoms with Crippen molar-refractivity contribution >= 4 is 5.97 Å². The van der Waals surface area contributed by atoms with Crippen LogP contribution in [0.2, 0.25) is 0 Å². The van der Waals surface area contributed by atoms with Gasteiger partial charge in [-0.3, -0.25) is 4.79 Å². The van der Waals surface area contributed by atoms with Gasteiger partial charge in [-0.1, -0.05) is 12.1 Å². The lowest BCUT2D eigenvalue weighted by atomic mass is 10.1. The molecule has 1 aromatic rings. The van der Waals surface area contributed by atoms with Crippen LogP contribution in [0, 0.1) is 5.92 Å². The first-order chi connectivity index (χ1) is 9.74. The Morgan fingerprint density at radius 2 is 2.10 bits per heavy atom. The number of hydrogen-bond donors (Lipinski definition) is 1. The van der Waals surface area contributed by atoms with Crippen LogP contribution in [0.15, 0.2) is 24.3 Å². The van der Waals surface area contributed by atoms with E-state index >= 15 is 0 Å². The predicted octanol–water partition coefficient (Wildman–Crippen LogP) is 1.75. The summed E-state index contributed by atoms with van der Waals surface area (Å²) in [7, 11) is 0. The Hall–Kier alpha value is -1.59. The number of benzene rings is 1. The highest BCUT2D eigenvalue weighted by atomic mass is 16.5. The molecule has 1 aliphatic rings. The number of carbonyl (C=O) groups is 1. The van der Waals surface area contributed by atoms with Crippen molar-refractivity contribution in [3.05, 3.63) is 29.8 Å². The maximum absolute atomic E-state index is 10.5. The van der Waals surface area contributed by atoms with Gasteiger partial charge in [0.25, 0.3) is 0 Å². The molecular weight excluding hydrogens is 260 g/mol. The van der Waals surface area contributed by atoms with E-state index in [1.807, 2.05) is 0 Å². The average Bonchev–Trinajstić information content (AvgIpc) is 2.93. The summed E-state index contributed by atoms with van der Waals surface area (Å²) in [5, 5.41) is 8.67. The smallest absolute Gasteiger partial charge is 0.307 e. The lowest BCUT2D eigenvalue weighted by Gasteiger charge is -2.10. The summed E-state index contributed by atoms with van der Waals surface area (Å²) < 4.78 is 16.3. The maximum atomic E-state index is 10.5. The van der Waals surface area contributed by atoms with Crippen LogP contribution >= 0.6 is 0 Å². The number of carboxylic acids is 1. The Kier molecular flexibility index (Phi) is 5.83. The summed E-state index contributed by atoms with van der Waals surface area (Å²) in [6, 6.07) is 7.09. The summed E-state index contributed by atoms with van der Waals surface area (Å²) in [6.45, 7) is 3.40. The molecule has 0 bridgehead atoms. The van der Waals surface area contributed by atoms with E-state index in [0.717, 1.165) is 37.6 Å². The third-order valence-corrected chi connectivity index (χ3v) is 3.15. The van der Waals surface area contributed by atoms with Gasteiger partial charge in [-0.15, -0.1) is 0 Å². The van der Waals surface area contributed by atoms with E-state index in [4.69, 9.17) is 19.3 Å². The van der Waals surface area contributed by atoms with Gasteiger partial charge in [-0.2, -0.15) is 0 Å². The van der Waals surface area contributed by atoms with E-state index in [-0.39, 0.29) is 6.42 Å². The summed E-state index contributed by atoms with van der Waals surface area (Å²) in [6.07, 6.45) is 1.11. The molecule has 0 saturated carbocycles. The van der Waals surface area contributed by atoms with Crippen LogP contribution in [0.25, 0.3) is 0 Å². The molecule has 1 fully saturated rings. The highest BCUT2D eigenvalue weighted by Crippen LogP contribution is 2.14. The van der Waals surface area contributed by atoms with Gasteiger partial charge in [0.15, 0.2) is 0 Å². The normalized spacial score (nSPS) is 18.1. The van der Waals surface area contributed by atoms with Crippen LogP contribution in [-0.2, 0) is 20.7 Å². The van der Waals surface area contributed by atoms with E-state index in [2.05, 4.69) is 0 Å².